The van der Waals surface area contributed by atoms with Gasteiger partial charge in [-0.05, 0) is 61.6 Å². The van der Waals surface area contributed by atoms with E-state index in [0.29, 0.717) is 33.1 Å². The molecule has 1 saturated carbocycles. The molecule has 11 nitrogen and oxygen atoms in total. The molecule has 0 spiro atoms. The molecule has 3 aromatic rings. The van der Waals surface area contributed by atoms with E-state index in [1.165, 1.54) is 36.3 Å². The molecule has 1 saturated heterocycles. The molecule has 1 aliphatic carbocycles. The highest BCUT2D eigenvalue weighted by molar-refractivity contribution is 8.02. The van der Waals surface area contributed by atoms with E-state index in [1.807, 2.05) is 0 Å². The van der Waals surface area contributed by atoms with Crippen LogP contribution < -0.4 is 14.2 Å². The highest BCUT2D eigenvalue weighted by Gasteiger charge is 2.42. The molecule has 252 valence electrons. The van der Waals surface area contributed by atoms with Crippen molar-refractivity contribution in [3.8, 4) is 11.5 Å². The fourth-order valence-electron chi connectivity index (χ4n) is 5.58. The zero-order chi connectivity index (χ0) is 33.9. The Morgan fingerprint density at radius 3 is 2.45 bits per heavy atom. The number of hydrogen-bond donors (Lipinski definition) is 0. The van der Waals surface area contributed by atoms with Crippen LogP contribution in [0.3, 0.4) is 0 Å². The van der Waals surface area contributed by atoms with E-state index < -0.39 is 27.5 Å². The third kappa shape index (κ3) is 7.92. The maximum atomic E-state index is 13.9. The van der Waals surface area contributed by atoms with Crippen LogP contribution in [0.2, 0.25) is 10.0 Å². The van der Waals surface area contributed by atoms with Crippen LogP contribution in [-0.4, -0.2) is 74.5 Å². The van der Waals surface area contributed by atoms with Crippen LogP contribution in [0.15, 0.2) is 59.8 Å². The van der Waals surface area contributed by atoms with Gasteiger partial charge in [0.2, 0.25) is 10.0 Å². The van der Waals surface area contributed by atoms with E-state index in [0.717, 1.165) is 54.1 Å². The largest absolute Gasteiger partial charge is 0.619 e. The minimum atomic E-state index is -4.20. The number of carbonyl (C=O) groups excluding carboxylic acids is 2. The number of amides is 1. The van der Waals surface area contributed by atoms with Crippen molar-refractivity contribution in [2.24, 2.45) is 0 Å². The molecule has 5 rings (SSSR count). The van der Waals surface area contributed by atoms with Crippen LogP contribution in [0.25, 0.3) is 0 Å². The smallest absolute Gasteiger partial charge is 0.335 e. The second-order valence-electron chi connectivity index (χ2n) is 11.4. The molecule has 0 radical (unpaired) electrons. The van der Waals surface area contributed by atoms with Gasteiger partial charge in [0.25, 0.3) is 5.91 Å². The van der Waals surface area contributed by atoms with E-state index in [9.17, 15) is 23.2 Å². The maximum Gasteiger partial charge on any atom is 0.335 e. The first kappa shape index (κ1) is 35.1. The van der Waals surface area contributed by atoms with E-state index in [4.69, 9.17) is 37.4 Å². The normalized spacial score (nSPS) is 17.8. The molecule has 1 unspecified atom stereocenters. The van der Waals surface area contributed by atoms with Crippen molar-refractivity contribution in [3.63, 3.8) is 0 Å². The van der Waals surface area contributed by atoms with Crippen LogP contribution in [0.4, 0.5) is 0 Å². The lowest BCUT2D eigenvalue weighted by Gasteiger charge is -2.26. The van der Waals surface area contributed by atoms with E-state index >= 15 is 0 Å². The summed E-state index contributed by atoms with van der Waals surface area (Å²) in [5.41, 5.74) is 1.11. The molecular formula is C32H35Cl2N3O8S2. The minimum Gasteiger partial charge on any atom is -0.619 e. The first-order chi connectivity index (χ1) is 22.4. The van der Waals surface area contributed by atoms with Crippen molar-refractivity contribution >= 4 is 56.9 Å². The fraction of sp³-hybridized carbons (Fsp3) is 0.406. The van der Waals surface area contributed by atoms with Gasteiger partial charge in [0.05, 0.1) is 18.1 Å². The molecule has 0 N–H and O–H groups in total. The van der Waals surface area contributed by atoms with E-state index in [2.05, 4.69) is 0 Å². The molecule has 1 aromatic heterocycles. The first-order valence-electron chi connectivity index (χ1n) is 15.0. The zero-order valence-electron chi connectivity index (χ0n) is 26.1. The van der Waals surface area contributed by atoms with Gasteiger partial charge in [0.15, 0.2) is 29.3 Å². The number of methoxy groups -OCH3 is 1. The topological polar surface area (TPSA) is 129 Å². The Labute approximate surface area is 288 Å². The summed E-state index contributed by atoms with van der Waals surface area (Å²) < 4.78 is 47.1. The first-order valence-corrected chi connectivity index (χ1v) is 18.2. The van der Waals surface area contributed by atoms with Crippen molar-refractivity contribution in [2.45, 2.75) is 54.6 Å². The van der Waals surface area contributed by atoms with Gasteiger partial charge in [-0.1, -0.05) is 35.3 Å². The van der Waals surface area contributed by atoms with Crippen LogP contribution in [0, 0.1) is 5.21 Å². The Balaban J connectivity index is 1.47. The molecule has 2 aliphatic rings. The number of sulfonamides is 1. The highest BCUT2D eigenvalue weighted by Crippen LogP contribution is 2.39. The summed E-state index contributed by atoms with van der Waals surface area (Å²) >= 11 is 14.0. The number of benzene rings is 2. The average Bonchev–Trinajstić information content (AvgIpc) is 3.75. The number of rotatable bonds is 11. The summed E-state index contributed by atoms with van der Waals surface area (Å²) in [5, 5.41) is 10.9. The minimum absolute atomic E-state index is 0.0156. The predicted octanol–water partition coefficient (Wildman–Crippen LogP) is 5.25. The fourth-order valence-corrected chi connectivity index (χ4v) is 9.27. The van der Waals surface area contributed by atoms with Gasteiger partial charge in [-0.25, -0.2) is 13.2 Å². The van der Waals surface area contributed by atoms with Gasteiger partial charge in [0.1, 0.15) is 16.1 Å². The number of nitrogens with zero attached hydrogens (tertiary/aromatic N) is 3. The van der Waals surface area contributed by atoms with Crippen LogP contribution in [-0.2, 0) is 26.0 Å². The Hall–Kier alpha value is -3.23. The molecule has 0 bridgehead atoms. The van der Waals surface area contributed by atoms with Gasteiger partial charge >= 0.3 is 5.97 Å². The lowest BCUT2D eigenvalue weighted by atomic mass is 10.0. The molecule has 2 atom stereocenters. The number of aromatic nitrogens is 1. The van der Waals surface area contributed by atoms with Crippen molar-refractivity contribution in [2.75, 3.05) is 33.5 Å². The number of halogens is 2. The molecule has 2 aromatic carbocycles. The number of pyridine rings is 1. The van der Waals surface area contributed by atoms with Gasteiger partial charge in [-0.2, -0.15) is 9.04 Å². The second kappa shape index (κ2) is 14.9. The average molecular weight is 725 g/mol. The summed E-state index contributed by atoms with van der Waals surface area (Å²) in [6.45, 7) is 0.0606. The quantitative estimate of drug-likeness (QED) is 0.148. The Kier molecular flexibility index (Phi) is 11.1. The van der Waals surface area contributed by atoms with Gasteiger partial charge in [0, 0.05) is 43.9 Å². The summed E-state index contributed by atoms with van der Waals surface area (Å²) in [7, 11) is 0.486. The molecule has 15 heteroatoms. The monoisotopic (exact) mass is 723 g/mol. The van der Waals surface area contributed by atoms with Crippen LogP contribution in [0.5, 0.6) is 11.5 Å². The molecule has 2 heterocycles. The van der Waals surface area contributed by atoms with Gasteiger partial charge in [-0.15, -0.1) is 11.8 Å². The number of thioether (sulfide) groups is 1. The van der Waals surface area contributed by atoms with Crippen molar-refractivity contribution in [1.29, 1.82) is 0 Å². The maximum absolute atomic E-state index is 13.9. The van der Waals surface area contributed by atoms with E-state index in [1.54, 1.807) is 32.3 Å². The summed E-state index contributed by atoms with van der Waals surface area (Å²) in [6.07, 6.45) is 5.25. The van der Waals surface area contributed by atoms with Crippen molar-refractivity contribution in [1.82, 2.24) is 9.21 Å². The Bertz CT molecular complexity index is 1730. The Morgan fingerprint density at radius 1 is 1.09 bits per heavy atom. The molecule has 2 fully saturated rings. The zero-order valence-corrected chi connectivity index (χ0v) is 29.2. The standard InChI is InChI=1S/C32H35Cl2N3O8S2/c1-35(2)30(38)21-7-6-10-23(15-21)47(41,42)37-13-14-46-31(37)32(39)45-28(17-24-25(33)18-36(40)19-26(24)34)20-11-12-27(43-3)29(16-20)44-22-8-4-5-9-22/h6-7,10-12,15-16,18-19,22,28,31H,4-5,8-9,13-14,17H2,1-3H3/t28?,31-/m0/s1. The van der Waals surface area contributed by atoms with Crippen LogP contribution >= 0.6 is 35.0 Å². The van der Waals surface area contributed by atoms with Gasteiger partial charge in [-0.3, -0.25) is 4.79 Å². The summed E-state index contributed by atoms with van der Waals surface area (Å²) in [5.74, 6) is 0.187. The second-order valence-corrected chi connectivity index (χ2v) is 15.3. The van der Waals surface area contributed by atoms with Crippen molar-refractivity contribution in [3.05, 3.63) is 86.8 Å². The lowest BCUT2D eigenvalue weighted by molar-refractivity contribution is -0.605. The van der Waals surface area contributed by atoms with Gasteiger partial charge < -0.3 is 24.3 Å². The van der Waals surface area contributed by atoms with Crippen LogP contribution in [0.1, 0.15) is 53.3 Å². The molecule has 1 aliphatic heterocycles. The third-order valence-electron chi connectivity index (χ3n) is 8.01. The number of esters is 1. The highest BCUT2D eigenvalue weighted by atomic mass is 35.5. The third-order valence-corrected chi connectivity index (χ3v) is 11.8. The van der Waals surface area contributed by atoms with Crippen molar-refractivity contribution < 1.29 is 36.9 Å². The molecule has 1 amide bonds. The number of hydrogen-bond acceptors (Lipinski definition) is 9. The molecular weight excluding hydrogens is 689 g/mol. The molecule has 47 heavy (non-hydrogen) atoms. The summed E-state index contributed by atoms with van der Waals surface area (Å²) in [4.78, 5) is 27.7. The van der Waals surface area contributed by atoms with E-state index in [-0.39, 0.29) is 45.5 Å². The number of carbonyl (C=O) groups is 2. The summed E-state index contributed by atoms with van der Waals surface area (Å²) in [6, 6.07) is 10.9. The predicted molar refractivity (Wildman–Crippen MR) is 178 cm³/mol. The SMILES string of the molecule is COc1ccc(C(Cc2c(Cl)c[n+]([O-])cc2Cl)OC(=O)[C@@H]2SCCN2S(=O)(=O)c2cccc(C(=O)N(C)C)c2)cc1OC1CCCC1. The number of ether oxygens (including phenoxy) is 3. The lowest BCUT2D eigenvalue weighted by Crippen LogP contribution is -2.40. The Morgan fingerprint density at radius 2 is 1.79 bits per heavy atom.